The number of hydrogen-bond donors (Lipinski definition) is 2. The second-order valence-electron chi connectivity index (χ2n) is 5.98. The summed E-state index contributed by atoms with van der Waals surface area (Å²) < 4.78 is 0. The Bertz CT molecular complexity index is 362. The van der Waals surface area contributed by atoms with Gasteiger partial charge in [0.15, 0.2) is 0 Å². The summed E-state index contributed by atoms with van der Waals surface area (Å²) in [6.45, 7) is 1.93. The molecule has 0 aromatic rings. The number of allylic oxidation sites excluding steroid dienone is 1. The van der Waals surface area contributed by atoms with Crippen molar-refractivity contribution < 1.29 is 19.8 Å². The van der Waals surface area contributed by atoms with Crippen molar-refractivity contribution in [3.05, 3.63) is 12.2 Å². The standard InChI is InChI=1S/C17H28O4/c1-2-14(18)11-9-13-10-12-16(19)15(13)7-5-3-4-6-8-17(20)21/h9,11,13-15,18H,2-8,10,12H2,1H3,(H,20,21)/b11-9+. The molecule has 1 aliphatic carbocycles. The molecule has 0 heterocycles. The summed E-state index contributed by atoms with van der Waals surface area (Å²) in [5.74, 6) is -0.00988. The Balaban J connectivity index is 2.28. The van der Waals surface area contributed by atoms with E-state index in [4.69, 9.17) is 5.11 Å². The minimum absolute atomic E-state index is 0.102. The SMILES string of the molecule is CCC(O)/C=C/C1CCC(=O)C1CCCCCCC(=O)O. The molecule has 0 bridgehead atoms. The number of carbonyl (C=O) groups is 2. The van der Waals surface area contributed by atoms with Crippen LogP contribution in [0.3, 0.4) is 0 Å². The van der Waals surface area contributed by atoms with Crippen LogP contribution < -0.4 is 0 Å². The molecule has 120 valence electrons. The van der Waals surface area contributed by atoms with Crippen molar-refractivity contribution in [2.24, 2.45) is 11.8 Å². The normalized spacial score (nSPS) is 23.8. The second-order valence-corrected chi connectivity index (χ2v) is 5.98. The van der Waals surface area contributed by atoms with Gasteiger partial charge >= 0.3 is 5.97 Å². The number of aliphatic hydroxyl groups excluding tert-OH is 1. The van der Waals surface area contributed by atoms with Crippen molar-refractivity contribution in [1.82, 2.24) is 0 Å². The minimum atomic E-state index is -0.736. The maximum Gasteiger partial charge on any atom is 0.303 e. The number of carbonyl (C=O) groups excluding carboxylic acids is 1. The van der Waals surface area contributed by atoms with Gasteiger partial charge in [0, 0.05) is 18.8 Å². The molecule has 3 atom stereocenters. The Morgan fingerprint density at radius 2 is 2.05 bits per heavy atom. The molecule has 3 unspecified atom stereocenters. The molecule has 1 fully saturated rings. The third kappa shape index (κ3) is 6.89. The molecule has 0 amide bonds. The number of hydrogen-bond acceptors (Lipinski definition) is 3. The number of rotatable bonds is 10. The molecular formula is C17H28O4. The van der Waals surface area contributed by atoms with Crippen molar-refractivity contribution in [2.45, 2.75) is 70.8 Å². The fourth-order valence-electron chi connectivity index (χ4n) is 2.94. The number of Topliss-reactive ketones (excluding diaryl/α,β-unsaturated/α-hetero) is 1. The summed E-state index contributed by atoms with van der Waals surface area (Å²) in [5.41, 5.74) is 0. The van der Waals surface area contributed by atoms with Crippen LogP contribution in [-0.4, -0.2) is 28.1 Å². The zero-order valence-electron chi connectivity index (χ0n) is 13.0. The van der Waals surface area contributed by atoms with E-state index in [9.17, 15) is 14.7 Å². The van der Waals surface area contributed by atoms with Gasteiger partial charge in [-0.05, 0) is 31.6 Å². The predicted molar refractivity (Wildman–Crippen MR) is 82.0 cm³/mol. The van der Waals surface area contributed by atoms with Gasteiger partial charge < -0.3 is 10.2 Å². The average molecular weight is 296 g/mol. The maximum atomic E-state index is 11.9. The Labute approximate surface area is 127 Å². The van der Waals surface area contributed by atoms with Gasteiger partial charge in [0.25, 0.3) is 0 Å². The first kappa shape index (κ1) is 17.9. The molecule has 1 aliphatic rings. The Kier molecular flexibility index (Phi) is 8.28. The fraction of sp³-hybridized carbons (Fsp3) is 0.765. The van der Waals surface area contributed by atoms with E-state index in [0.717, 1.165) is 38.5 Å². The lowest BCUT2D eigenvalue weighted by Gasteiger charge is -2.15. The summed E-state index contributed by atoms with van der Waals surface area (Å²) in [7, 11) is 0. The van der Waals surface area contributed by atoms with Gasteiger partial charge in [-0.1, -0.05) is 38.3 Å². The van der Waals surface area contributed by atoms with Gasteiger partial charge in [0.2, 0.25) is 0 Å². The van der Waals surface area contributed by atoms with Crippen LogP contribution in [0.15, 0.2) is 12.2 Å². The number of unbranched alkanes of at least 4 members (excludes halogenated alkanes) is 3. The summed E-state index contributed by atoms with van der Waals surface area (Å²) in [4.78, 5) is 22.3. The first-order chi connectivity index (χ1) is 10.0. The predicted octanol–water partition coefficient (Wildman–Crippen LogP) is 3.33. The molecule has 0 aliphatic heterocycles. The molecule has 0 aromatic heterocycles. The number of carboxylic acids is 1. The maximum absolute atomic E-state index is 11.9. The first-order valence-electron chi connectivity index (χ1n) is 8.15. The van der Waals surface area contributed by atoms with Crippen LogP contribution in [0.5, 0.6) is 0 Å². The van der Waals surface area contributed by atoms with E-state index in [1.807, 2.05) is 19.1 Å². The first-order valence-corrected chi connectivity index (χ1v) is 8.15. The van der Waals surface area contributed by atoms with E-state index in [0.29, 0.717) is 18.6 Å². The molecule has 0 radical (unpaired) electrons. The summed E-state index contributed by atoms with van der Waals surface area (Å²) in [5, 5.41) is 18.1. The highest BCUT2D eigenvalue weighted by Crippen LogP contribution is 2.33. The van der Waals surface area contributed by atoms with Crippen molar-refractivity contribution in [1.29, 1.82) is 0 Å². The Morgan fingerprint density at radius 1 is 1.33 bits per heavy atom. The van der Waals surface area contributed by atoms with Gasteiger partial charge in [-0.2, -0.15) is 0 Å². The molecule has 0 aromatic carbocycles. The van der Waals surface area contributed by atoms with Crippen molar-refractivity contribution in [3.63, 3.8) is 0 Å². The lowest BCUT2D eigenvalue weighted by atomic mass is 9.89. The van der Waals surface area contributed by atoms with E-state index < -0.39 is 12.1 Å². The van der Waals surface area contributed by atoms with Crippen LogP contribution in [0.1, 0.15) is 64.7 Å². The Morgan fingerprint density at radius 3 is 2.71 bits per heavy atom. The van der Waals surface area contributed by atoms with E-state index in [1.54, 1.807) is 0 Å². The van der Waals surface area contributed by atoms with Crippen LogP contribution in [0, 0.1) is 11.8 Å². The zero-order chi connectivity index (χ0) is 15.7. The van der Waals surface area contributed by atoms with E-state index in [1.165, 1.54) is 0 Å². The summed E-state index contributed by atoms with van der Waals surface area (Å²) in [6, 6.07) is 0. The summed E-state index contributed by atoms with van der Waals surface area (Å²) >= 11 is 0. The van der Waals surface area contributed by atoms with E-state index in [-0.39, 0.29) is 18.3 Å². The lowest BCUT2D eigenvalue weighted by Crippen LogP contribution is -2.14. The van der Waals surface area contributed by atoms with Crippen LogP contribution in [-0.2, 0) is 9.59 Å². The molecule has 4 nitrogen and oxygen atoms in total. The highest BCUT2D eigenvalue weighted by atomic mass is 16.4. The van der Waals surface area contributed by atoms with Crippen molar-refractivity contribution in [3.8, 4) is 0 Å². The highest BCUT2D eigenvalue weighted by molar-refractivity contribution is 5.83. The molecule has 0 spiro atoms. The molecule has 2 N–H and O–H groups in total. The molecule has 1 rings (SSSR count). The van der Waals surface area contributed by atoms with Crippen LogP contribution in [0.25, 0.3) is 0 Å². The monoisotopic (exact) mass is 296 g/mol. The smallest absolute Gasteiger partial charge is 0.303 e. The number of aliphatic hydroxyl groups is 1. The van der Waals surface area contributed by atoms with Crippen LogP contribution in [0.2, 0.25) is 0 Å². The largest absolute Gasteiger partial charge is 0.481 e. The molecular weight excluding hydrogens is 268 g/mol. The van der Waals surface area contributed by atoms with Crippen molar-refractivity contribution >= 4 is 11.8 Å². The number of aliphatic carboxylic acids is 1. The van der Waals surface area contributed by atoms with Crippen molar-refractivity contribution in [2.75, 3.05) is 0 Å². The van der Waals surface area contributed by atoms with Crippen LogP contribution >= 0.6 is 0 Å². The third-order valence-electron chi connectivity index (χ3n) is 4.31. The molecule has 4 heteroatoms. The number of ketones is 1. The molecule has 1 saturated carbocycles. The third-order valence-corrected chi connectivity index (χ3v) is 4.31. The topological polar surface area (TPSA) is 74.6 Å². The average Bonchev–Trinajstić information content (AvgIpc) is 2.80. The quantitative estimate of drug-likeness (QED) is 0.479. The zero-order valence-corrected chi connectivity index (χ0v) is 13.0. The van der Waals surface area contributed by atoms with Gasteiger partial charge in [-0.3, -0.25) is 9.59 Å². The van der Waals surface area contributed by atoms with Gasteiger partial charge in [0.1, 0.15) is 5.78 Å². The van der Waals surface area contributed by atoms with Gasteiger partial charge in [0.05, 0.1) is 6.10 Å². The number of carboxylic acid groups (broad SMARTS) is 1. The lowest BCUT2D eigenvalue weighted by molar-refractivity contribution is -0.137. The van der Waals surface area contributed by atoms with Crippen LogP contribution in [0.4, 0.5) is 0 Å². The van der Waals surface area contributed by atoms with Gasteiger partial charge in [-0.25, -0.2) is 0 Å². The molecule has 21 heavy (non-hydrogen) atoms. The van der Waals surface area contributed by atoms with Gasteiger partial charge in [-0.15, -0.1) is 0 Å². The molecule has 0 saturated heterocycles. The summed E-state index contributed by atoms with van der Waals surface area (Å²) in [6.07, 6.45) is 10.4. The highest BCUT2D eigenvalue weighted by Gasteiger charge is 2.32. The Hall–Kier alpha value is -1.16. The van der Waals surface area contributed by atoms with E-state index in [2.05, 4.69) is 0 Å². The van der Waals surface area contributed by atoms with E-state index >= 15 is 0 Å². The minimum Gasteiger partial charge on any atom is -0.481 e. The second kappa shape index (κ2) is 9.72. The fourth-order valence-corrected chi connectivity index (χ4v) is 2.94.